The van der Waals surface area contributed by atoms with E-state index in [1.807, 2.05) is 23.8 Å². The van der Waals surface area contributed by atoms with Crippen molar-refractivity contribution in [3.8, 4) is 5.69 Å². The molecule has 0 saturated carbocycles. The molecule has 0 amide bonds. The minimum atomic E-state index is -0.190. The lowest BCUT2D eigenvalue weighted by molar-refractivity contribution is 0.145. The predicted octanol–water partition coefficient (Wildman–Crippen LogP) is 1.91. The van der Waals surface area contributed by atoms with Crippen molar-refractivity contribution in [3.05, 3.63) is 53.1 Å². The molecule has 0 atom stereocenters. The Morgan fingerprint density at radius 1 is 1.21 bits per heavy atom. The summed E-state index contributed by atoms with van der Waals surface area (Å²) in [6.45, 7) is 9.63. The summed E-state index contributed by atoms with van der Waals surface area (Å²) in [5.41, 5.74) is 2.28. The van der Waals surface area contributed by atoms with Crippen molar-refractivity contribution in [3.63, 3.8) is 0 Å². The van der Waals surface area contributed by atoms with Gasteiger partial charge >= 0.3 is 0 Å². The minimum absolute atomic E-state index is 0.190. The van der Waals surface area contributed by atoms with Crippen LogP contribution in [0, 0.1) is 6.92 Å². The number of allylic oxidation sites excluding steroid dienone is 1. The molecule has 3 rings (SSSR count). The average molecular weight is 323 g/mol. The number of piperidine rings is 1. The van der Waals surface area contributed by atoms with Gasteiger partial charge in [-0.1, -0.05) is 36.4 Å². The lowest BCUT2D eigenvalue weighted by Crippen LogP contribution is -2.39. The van der Waals surface area contributed by atoms with Crippen LogP contribution >= 0.6 is 0 Å². The van der Waals surface area contributed by atoms with E-state index < -0.39 is 0 Å². The Morgan fingerprint density at radius 3 is 2.46 bits per heavy atom. The molecule has 1 aromatic heterocycles. The van der Waals surface area contributed by atoms with Gasteiger partial charge in [-0.3, -0.25) is 0 Å². The Hall–Kier alpha value is -2.33. The van der Waals surface area contributed by atoms with Crippen molar-refractivity contribution in [2.45, 2.75) is 32.8 Å². The molecule has 0 aliphatic carbocycles. The first-order valence-electron chi connectivity index (χ1n) is 8.52. The molecule has 4 heteroatoms. The summed E-state index contributed by atoms with van der Waals surface area (Å²) in [6, 6.07) is 8.39. The SMILES string of the molecule is C=C/C=c1/c(N2CCC(O)CC2)nn(-c2ccc(C)cc2)/c1=C/C. The van der Waals surface area contributed by atoms with Crippen molar-refractivity contribution >= 4 is 18.0 Å². The lowest BCUT2D eigenvalue weighted by atomic mass is 10.1. The van der Waals surface area contributed by atoms with E-state index in [2.05, 4.69) is 48.7 Å². The first-order valence-corrected chi connectivity index (χ1v) is 8.52. The first kappa shape index (κ1) is 16.5. The van der Waals surface area contributed by atoms with Crippen LogP contribution in [0.1, 0.15) is 25.3 Å². The Bertz CT molecular complexity index is 825. The third kappa shape index (κ3) is 3.15. The summed E-state index contributed by atoms with van der Waals surface area (Å²) >= 11 is 0. The van der Waals surface area contributed by atoms with Gasteiger partial charge in [-0.25, -0.2) is 4.68 Å². The normalized spacial score (nSPS) is 17.5. The van der Waals surface area contributed by atoms with Gasteiger partial charge in [0.05, 0.1) is 17.1 Å². The molecule has 0 bridgehead atoms. The Morgan fingerprint density at radius 2 is 1.88 bits per heavy atom. The Labute approximate surface area is 143 Å². The molecule has 24 heavy (non-hydrogen) atoms. The molecule has 1 aliphatic heterocycles. The van der Waals surface area contributed by atoms with E-state index in [0.29, 0.717) is 0 Å². The quantitative estimate of drug-likeness (QED) is 0.938. The smallest absolute Gasteiger partial charge is 0.159 e. The highest BCUT2D eigenvalue weighted by molar-refractivity contribution is 5.52. The zero-order valence-electron chi connectivity index (χ0n) is 14.4. The summed E-state index contributed by atoms with van der Waals surface area (Å²) < 4.78 is 2.00. The molecule has 1 aliphatic rings. The molecule has 2 aromatic rings. The van der Waals surface area contributed by atoms with Crippen molar-refractivity contribution in [1.82, 2.24) is 9.78 Å². The topological polar surface area (TPSA) is 41.3 Å². The number of aliphatic hydroxyl groups excluding tert-OH is 1. The van der Waals surface area contributed by atoms with Crippen LogP contribution < -0.4 is 15.5 Å². The summed E-state index contributed by atoms with van der Waals surface area (Å²) in [5, 5.41) is 16.8. The van der Waals surface area contributed by atoms with Crippen LogP contribution in [-0.4, -0.2) is 34.1 Å². The molecule has 0 spiro atoms. The minimum Gasteiger partial charge on any atom is -0.393 e. The largest absolute Gasteiger partial charge is 0.393 e. The molecular weight excluding hydrogens is 298 g/mol. The van der Waals surface area contributed by atoms with E-state index in [1.165, 1.54) is 5.56 Å². The number of aliphatic hydroxyl groups is 1. The average Bonchev–Trinajstić information content (AvgIpc) is 2.95. The van der Waals surface area contributed by atoms with E-state index in [1.54, 1.807) is 0 Å². The number of aryl methyl sites for hydroxylation is 1. The predicted molar refractivity (Wildman–Crippen MR) is 99.8 cm³/mol. The van der Waals surface area contributed by atoms with Gasteiger partial charge in [0, 0.05) is 18.3 Å². The first-order chi connectivity index (χ1) is 11.6. The van der Waals surface area contributed by atoms with Gasteiger partial charge in [-0.15, -0.1) is 5.10 Å². The van der Waals surface area contributed by atoms with Gasteiger partial charge in [-0.05, 0) is 44.9 Å². The van der Waals surface area contributed by atoms with Gasteiger partial charge in [0.15, 0.2) is 5.82 Å². The highest BCUT2D eigenvalue weighted by Crippen LogP contribution is 2.15. The molecular formula is C20H25N3O. The van der Waals surface area contributed by atoms with E-state index in [9.17, 15) is 5.11 Å². The van der Waals surface area contributed by atoms with E-state index >= 15 is 0 Å². The number of aromatic nitrogens is 2. The molecule has 126 valence electrons. The summed E-state index contributed by atoms with van der Waals surface area (Å²) in [7, 11) is 0. The van der Waals surface area contributed by atoms with E-state index in [0.717, 1.165) is 48.0 Å². The second-order valence-corrected chi connectivity index (χ2v) is 6.28. The van der Waals surface area contributed by atoms with Crippen LogP contribution in [0.4, 0.5) is 5.82 Å². The molecule has 1 saturated heterocycles. The highest BCUT2D eigenvalue weighted by atomic mass is 16.3. The summed E-state index contributed by atoms with van der Waals surface area (Å²) in [6.07, 6.45) is 7.31. The Kier molecular flexibility index (Phi) is 4.86. The van der Waals surface area contributed by atoms with Crippen LogP contribution in [0.3, 0.4) is 0 Å². The lowest BCUT2D eigenvalue weighted by Gasteiger charge is -2.29. The van der Waals surface area contributed by atoms with Crippen molar-refractivity contribution < 1.29 is 5.11 Å². The zero-order chi connectivity index (χ0) is 17.1. The molecule has 1 N–H and O–H groups in total. The molecule has 1 aromatic carbocycles. The second kappa shape index (κ2) is 7.05. The van der Waals surface area contributed by atoms with Crippen molar-refractivity contribution in [1.29, 1.82) is 0 Å². The fourth-order valence-electron chi connectivity index (χ4n) is 3.18. The zero-order valence-corrected chi connectivity index (χ0v) is 14.4. The third-order valence-electron chi connectivity index (χ3n) is 4.54. The fourth-order valence-corrected chi connectivity index (χ4v) is 3.18. The van der Waals surface area contributed by atoms with Gasteiger partial charge in [0.1, 0.15) is 0 Å². The maximum Gasteiger partial charge on any atom is 0.159 e. The molecule has 1 fully saturated rings. The molecule has 4 nitrogen and oxygen atoms in total. The number of benzene rings is 1. The monoisotopic (exact) mass is 323 g/mol. The molecule has 2 heterocycles. The van der Waals surface area contributed by atoms with Gasteiger partial charge < -0.3 is 10.0 Å². The summed E-state index contributed by atoms with van der Waals surface area (Å²) in [5.74, 6) is 0.968. The van der Waals surface area contributed by atoms with E-state index in [-0.39, 0.29) is 6.10 Å². The highest BCUT2D eigenvalue weighted by Gasteiger charge is 2.21. The standard InChI is InChI=1S/C20H25N3O/c1-4-6-18-19(5-2)23(16-9-7-15(3)8-10-16)21-20(18)22-13-11-17(24)12-14-22/h4-10,17,24H,1,11-14H2,2-3H3/b18-6+,19-5+. The van der Waals surface area contributed by atoms with Crippen LogP contribution in [-0.2, 0) is 0 Å². The van der Waals surface area contributed by atoms with Gasteiger partial charge in [0.2, 0.25) is 0 Å². The maximum atomic E-state index is 9.77. The number of nitrogens with zero attached hydrogens (tertiary/aromatic N) is 3. The number of hydrogen-bond acceptors (Lipinski definition) is 3. The summed E-state index contributed by atoms with van der Waals surface area (Å²) in [4.78, 5) is 2.26. The number of rotatable bonds is 3. The van der Waals surface area contributed by atoms with Crippen LogP contribution in [0.25, 0.3) is 17.8 Å². The molecule has 0 unspecified atom stereocenters. The van der Waals surface area contributed by atoms with Crippen molar-refractivity contribution in [2.24, 2.45) is 0 Å². The van der Waals surface area contributed by atoms with Crippen LogP contribution in [0.2, 0.25) is 0 Å². The Balaban J connectivity index is 2.14. The van der Waals surface area contributed by atoms with Crippen molar-refractivity contribution in [2.75, 3.05) is 18.0 Å². The third-order valence-corrected chi connectivity index (χ3v) is 4.54. The molecule has 0 radical (unpaired) electrons. The number of anilines is 1. The fraction of sp³-hybridized carbons (Fsp3) is 0.350. The van der Waals surface area contributed by atoms with Gasteiger partial charge in [-0.2, -0.15) is 0 Å². The maximum absolute atomic E-state index is 9.77. The number of hydrogen-bond donors (Lipinski definition) is 1. The van der Waals surface area contributed by atoms with Crippen LogP contribution in [0.5, 0.6) is 0 Å². The second-order valence-electron chi connectivity index (χ2n) is 6.28. The van der Waals surface area contributed by atoms with Gasteiger partial charge in [0.25, 0.3) is 0 Å². The van der Waals surface area contributed by atoms with E-state index in [4.69, 9.17) is 5.10 Å². The van der Waals surface area contributed by atoms with Crippen LogP contribution in [0.15, 0.2) is 36.9 Å².